The number of esters is 1. The summed E-state index contributed by atoms with van der Waals surface area (Å²) >= 11 is 1.52. The number of hydrogen-bond donors (Lipinski definition) is 1. The number of thioether (sulfide) groups is 1. The Morgan fingerprint density at radius 2 is 2.12 bits per heavy atom. The molecule has 94 valence electrons. The zero-order chi connectivity index (χ0) is 12.9. The second-order valence-corrected chi connectivity index (χ2v) is 5.17. The van der Waals surface area contributed by atoms with Crippen molar-refractivity contribution in [2.45, 2.75) is 25.2 Å². The van der Waals surface area contributed by atoms with Gasteiger partial charge in [0.25, 0.3) is 0 Å². The molecule has 0 saturated carbocycles. The van der Waals surface area contributed by atoms with E-state index in [9.17, 15) is 9.90 Å². The average molecular weight is 254 g/mol. The van der Waals surface area contributed by atoms with Gasteiger partial charge in [-0.05, 0) is 25.0 Å². The zero-order valence-electron chi connectivity index (χ0n) is 10.4. The van der Waals surface area contributed by atoms with E-state index < -0.39 is 11.6 Å². The Hall–Kier alpha value is -1.00. The second-order valence-electron chi connectivity index (χ2n) is 4.18. The van der Waals surface area contributed by atoms with Gasteiger partial charge in [-0.1, -0.05) is 24.3 Å². The SMILES string of the molecule is COC(=O)C(C)(O)CSCc1ccccc1C. The van der Waals surface area contributed by atoms with E-state index in [0.717, 1.165) is 5.75 Å². The largest absolute Gasteiger partial charge is 0.467 e. The maximum Gasteiger partial charge on any atom is 0.338 e. The van der Waals surface area contributed by atoms with E-state index >= 15 is 0 Å². The molecular weight excluding hydrogens is 236 g/mol. The number of aryl methyl sites for hydroxylation is 1. The van der Waals surface area contributed by atoms with E-state index in [1.54, 1.807) is 0 Å². The van der Waals surface area contributed by atoms with Gasteiger partial charge in [-0.3, -0.25) is 0 Å². The third-order valence-electron chi connectivity index (χ3n) is 2.53. The van der Waals surface area contributed by atoms with Gasteiger partial charge in [0, 0.05) is 11.5 Å². The van der Waals surface area contributed by atoms with E-state index in [4.69, 9.17) is 0 Å². The maximum absolute atomic E-state index is 11.3. The highest BCUT2D eigenvalue weighted by molar-refractivity contribution is 7.98. The summed E-state index contributed by atoms with van der Waals surface area (Å²) < 4.78 is 4.54. The van der Waals surface area contributed by atoms with Crippen LogP contribution in [0.15, 0.2) is 24.3 Å². The average Bonchev–Trinajstić information content (AvgIpc) is 2.30. The van der Waals surface area contributed by atoms with E-state index in [2.05, 4.69) is 10.8 Å². The third-order valence-corrected chi connectivity index (χ3v) is 3.81. The molecule has 0 heterocycles. The molecule has 1 N–H and O–H groups in total. The molecule has 1 aromatic rings. The van der Waals surface area contributed by atoms with E-state index in [1.807, 2.05) is 25.1 Å². The molecule has 0 spiro atoms. The fraction of sp³-hybridized carbons (Fsp3) is 0.462. The molecule has 0 aromatic heterocycles. The lowest BCUT2D eigenvalue weighted by atomic mass is 10.1. The van der Waals surface area contributed by atoms with Crippen molar-refractivity contribution >= 4 is 17.7 Å². The lowest BCUT2D eigenvalue weighted by Crippen LogP contribution is -2.38. The van der Waals surface area contributed by atoms with E-state index in [1.165, 1.54) is 36.9 Å². The van der Waals surface area contributed by atoms with Crippen molar-refractivity contribution < 1.29 is 14.6 Å². The van der Waals surface area contributed by atoms with Crippen molar-refractivity contribution in [1.29, 1.82) is 0 Å². The quantitative estimate of drug-likeness (QED) is 0.818. The minimum Gasteiger partial charge on any atom is -0.467 e. The predicted molar refractivity (Wildman–Crippen MR) is 70.0 cm³/mol. The van der Waals surface area contributed by atoms with Gasteiger partial charge in [0.2, 0.25) is 0 Å². The Labute approximate surface area is 106 Å². The van der Waals surface area contributed by atoms with Crippen molar-refractivity contribution in [1.82, 2.24) is 0 Å². The molecule has 0 fully saturated rings. The minimum absolute atomic E-state index is 0.327. The number of ether oxygens (including phenoxy) is 1. The second kappa shape index (κ2) is 6.07. The fourth-order valence-corrected chi connectivity index (χ4v) is 2.57. The number of carbonyl (C=O) groups excluding carboxylic acids is 1. The first-order valence-electron chi connectivity index (χ1n) is 5.40. The van der Waals surface area contributed by atoms with Crippen molar-refractivity contribution in [2.75, 3.05) is 12.9 Å². The summed E-state index contributed by atoms with van der Waals surface area (Å²) in [6, 6.07) is 8.08. The first kappa shape index (κ1) is 14.1. The van der Waals surface area contributed by atoms with Crippen molar-refractivity contribution in [3.05, 3.63) is 35.4 Å². The molecule has 3 nitrogen and oxygen atoms in total. The number of rotatable bonds is 5. The molecule has 0 aliphatic carbocycles. The Morgan fingerprint density at radius 3 is 2.71 bits per heavy atom. The van der Waals surface area contributed by atoms with Gasteiger partial charge in [-0.2, -0.15) is 11.8 Å². The molecule has 0 bridgehead atoms. The molecule has 0 aliphatic rings. The Morgan fingerprint density at radius 1 is 1.47 bits per heavy atom. The van der Waals surface area contributed by atoms with Crippen LogP contribution in [0.5, 0.6) is 0 Å². The molecule has 4 heteroatoms. The molecule has 1 atom stereocenters. The van der Waals surface area contributed by atoms with Gasteiger partial charge >= 0.3 is 5.97 Å². The predicted octanol–water partition coefficient (Wildman–Crippen LogP) is 2.15. The zero-order valence-corrected chi connectivity index (χ0v) is 11.2. The van der Waals surface area contributed by atoms with Gasteiger partial charge in [-0.15, -0.1) is 0 Å². The van der Waals surface area contributed by atoms with Crippen LogP contribution >= 0.6 is 11.8 Å². The van der Waals surface area contributed by atoms with Crippen LogP contribution in [-0.2, 0) is 15.3 Å². The normalized spacial score (nSPS) is 14.1. The smallest absolute Gasteiger partial charge is 0.338 e. The van der Waals surface area contributed by atoms with Crippen LogP contribution in [0.3, 0.4) is 0 Å². The number of hydrogen-bond acceptors (Lipinski definition) is 4. The summed E-state index contributed by atoms with van der Waals surface area (Å²) in [6.07, 6.45) is 0. The van der Waals surface area contributed by atoms with Crippen LogP contribution in [0.2, 0.25) is 0 Å². The van der Waals surface area contributed by atoms with Gasteiger partial charge in [0.1, 0.15) is 0 Å². The molecular formula is C13H18O3S. The van der Waals surface area contributed by atoms with Crippen molar-refractivity contribution in [2.24, 2.45) is 0 Å². The lowest BCUT2D eigenvalue weighted by molar-refractivity contribution is -0.158. The van der Waals surface area contributed by atoms with Crippen LogP contribution in [0.25, 0.3) is 0 Å². The van der Waals surface area contributed by atoms with Crippen LogP contribution in [-0.4, -0.2) is 29.5 Å². The third kappa shape index (κ3) is 4.06. The summed E-state index contributed by atoms with van der Waals surface area (Å²) in [5.41, 5.74) is 1.03. The van der Waals surface area contributed by atoms with Crippen LogP contribution in [0, 0.1) is 6.92 Å². The van der Waals surface area contributed by atoms with E-state index in [0.29, 0.717) is 5.75 Å². The Bertz CT molecular complexity index is 388. The van der Waals surface area contributed by atoms with Crippen LogP contribution in [0.1, 0.15) is 18.1 Å². The first-order chi connectivity index (χ1) is 7.97. The van der Waals surface area contributed by atoms with Crippen molar-refractivity contribution in [3.8, 4) is 0 Å². The Kier molecular flexibility index (Phi) is 5.02. The highest BCUT2D eigenvalue weighted by Gasteiger charge is 2.31. The molecule has 0 aliphatic heterocycles. The number of aliphatic hydroxyl groups is 1. The van der Waals surface area contributed by atoms with Gasteiger partial charge in [0.15, 0.2) is 5.60 Å². The topological polar surface area (TPSA) is 46.5 Å². The first-order valence-corrected chi connectivity index (χ1v) is 6.56. The number of methoxy groups -OCH3 is 1. The summed E-state index contributed by atoms with van der Waals surface area (Å²) in [5, 5.41) is 9.83. The molecule has 1 rings (SSSR count). The summed E-state index contributed by atoms with van der Waals surface area (Å²) in [6.45, 7) is 3.53. The standard InChI is InChI=1S/C13H18O3S/c1-10-6-4-5-7-11(10)8-17-9-13(2,15)12(14)16-3/h4-7,15H,8-9H2,1-3H3. The Balaban J connectivity index is 2.48. The molecule has 0 radical (unpaired) electrons. The molecule has 0 saturated heterocycles. The number of carbonyl (C=O) groups is 1. The van der Waals surface area contributed by atoms with Gasteiger partial charge in [0.05, 0.1) is 7.11 Å². The summed E-state index contributed by atoms with van der Waals surface area (Å²) in [7, 11) is 1.28. The minimum atomic E-state index is -1.41. The summed E-state index contributed by atoms with van der Waals surface area (Å²) in [4.78, 5) is 11.3. The molecule has 1 aromatic carbocycles. The van der Waals surface area contributed by atoms with Gasteiger partial charge in [-0.25, -0.2) is 4.79 Å². The molecule has 1 unspecified atom stereocenters. The lowest BCUT2D eigenvalue weighted by Gasteiger charge is -2.19. The molecule has 0 amide bonds. The van der Waals surface area contributed by atoms with Crippen molar-refractivity contribution in [3.63, 3.8) is 0 Å². The highest BCUT2D eigenvalue weighted by Crippen LogP contribution is 2.20. The van der Waals surface area contributed by atoms with E-state index in [-0.39, 0.29) is 0 Å². The monoisotopic (exact) mass is 254 g/mol. The summed E-state index contributed by atoms with van der Waals surface area (Å²) in [5.74, 6) is 0.517. The van der Waals surface area contributed by atoms with Gasteiger partial charge < -0.3 is 9.84 Å². The van der Waals surface area contributed by atoms with Crippen LogP contribution in [0.4, 0.5) is 0 Å². The number of benzene rings is 1. The fourth-order valence-electron chi connectivity index (χ4n) is 1.41. The highest BCUT2D eigenvalue weighted by atomic mass is 32.2. The molecule has 17 heavy (non-hydrogen) atoms. The maximum atomic E-state index is 11.3. The van der Waals surface area contributed by atoms with Crippen LogP contribution < -0.4 is 0 Å².